The van der Waals surface area contributed by atoms with E-state index in [1.54, 1.807) is 26.4 Å². The maximum atomic E-state index is 11.9. The Morgan fingerprint density at radius 2 is 1.80 bits per heavy atom. The third-order valence-electron chi connectivity index (χ3n) is 3.74. The quantitative estimate of drug-likeness (QED) is 0.716. The molecule has 2 N–H and O–H groups in total. The number of nitrogens with one attached hydrogen (secondary N) is 2. The molecule has 0 heterocycles. The van der Waals surface area contributed by atoms with Gasteiger partial charge in [-0.15, -0.1) is 0 Å². The molecule has 0 radical (unpaired) electrons. The van der Waals surface area contributed by atoms with Crippen LogP contribution in [0, 0.1) is 0 Å². The largest absolute Gasteiger partial charge is 0.496 e. The zero-order valence-corrected chi connectivity index (χ0v) is 15.2. The van der Waals surface area contributed by atoms with Gasteiger partial charge in [-0.2, -0.15) is 0 Å². The Bertz CT molecular complexity index is 707. The number of ether oxygens (including phenoxy) is 2. The van der Waals surface area contributed by atoms with Gasteiger partial charge in [0.2, 0.25) is 5.91 Å². The van der Waals surface area contributed by atoms with Crippen molar-refractivity contribution < 1.29 is 14.3 Å². The third kappa shape index (κ3) is 5.87. The summed E-state index contributed by atoms with van der Waals surface area (Å²) in [4.78, 5) is 11.9. The van der Waals surface area contributed by atoms with Gasteiger partial charge < -0.3 is 20.1 Å². The highest BCUT2D eigenvalue weighted by molar-refractivity contribution is 6.32. The second-order valence-electron chi connectivity index (χ2n) is 5.44. The number of hydrogen-bond donors (Lipinski definition) is 2. The summed E-state index contributed by atoms with van der Waals surface area (Å²) in [6.45, 7) is 1.11. The number of methoxy groups -OCH3 is 2. The number of amides is 1. The highest BCUT2D eigenvalue weighted by atomic mass is 35.5. The molecule has 0 aliphatic rings. The van der Waals surface area contributed by atoms with Crippen LogP contribution in [0.5, 0.6) is 11.5 Å². The molecule has 6 heteroatoms. The number of para-hydroxylation sites is 1. The summed E-state index contributed by atoms with van der Waals surface area (Å²) < 4.78 is 10.4. The van der Waals surface area contributed by atoms with Gasteiger partial charge in [0.05, 0.1) is 19.2 Å². The molecular formula is C19H23ClN2O3. The molecule has 2 aromatic rings. The molecule has 2 aromatic carbocycles. The maximum Gasteiger partial charge on any atom is 0.221 e. The number of anilines is 1. The summed E-state index contributed by atoms with van der Waals surface area (Å²) in [6.07, 6.45) is 1.12. The van der Waals surface area contributed by atoms with Crippen LogP contribution in [0.25, 0.3) is 0 Å². The van der Waals surface area contributed by atoms with Gasteiger partial charge in [-0.1, -0.05) is 29.8 Å². The van der Waals surface area contributed by atoms with Crippen molar-refractivity contribution in [2.24, 2.45) is 0 Å². The highest BCUT2D eigenvalue weighted by Gasteiger charge is 2.05. The van der Waals surface area contributed by atoms with Crippen molar-refractivity contribution >= 4 is 23.2 Å². The lowest BCUT2D eigenvalue weighted by Gasteiger charge is -2.10. The van der Waals surface area contributed by atoms with Gasteiger partial charge in [0.1, 0.15) is 11.5 Å². The number of halogens is 1. The number of hydrogen-bond acceptors (Lipinski definition) is 4. The molecular weight excluding hydrogens is 340 g/mol. The first-order valence-corrected chi connectivity index (χ1v) is 8.48. The summed E-state index contributed by atoms with van der Waals surface area (Å²) in [6, 6.07) is 13.2. The van der Waals surface area contributed by atoms with Crippen molar-refractivity contribution in [2.75, 3.05) is 32.6 Å². The van der Waals surface area contributed by atoms with Crippen molar-refractivity contribution in [3.8, 4) is 11.5 Å². The minimum atomic E-state index is 0.00186. The molecule has 0 unspecified atom stereocenters. The summed E-state index contributed by atoms with van der Waals surface area (Å²) in [5.41, 5.74) is 1.93. The minimum absolute atomic E-state index is 0.00186. The van der Waals surface area contributed by atoms with Gasteiger partial charge in [-0.3, -0.25) is 4.79 Å². The molecule has 0 atom stereocenters. The van der Waals surface area contributed by atoms with Gasteiger partial charge in [-0.05, 0) is 36.2 Å². The SMILES string of the molecule is COc1ccc(NCCC(=O)NCCc2ccccc2OC)cc1Cl. The predicted molar refractivity (Wildman–Crippen MR) is 101 cm³/mol. The van der Waals surface area contributed by atoms with Crippen LogP contribution < -0.4 is 20.1 Å². The van der Waals surface area contributed by atoms with Crippen LogP contribution in [0.3, 0.4) is 0 Å². The average Bonchev–Trinajstić information content (AvgIpc) is 2.62. The maximum absolute atomic E-state index is 11.9. The van der Waals surface area contributed by atoms with Gasteiger partial charge in [0.25, 0.3) is 0 Å². The summed E-state index contributed by atoms with van der Waals surface area (Å²) in [5, 5.41) is 6.63. The van der Waals surface area contributed by atoms with Crippen molar-refractivity contribution in [3.05, 3.63) is 53.1 Å². The lowest BCUT2D eigenvalue weighted by atomic mass is 10.1. The molecule has 25 heavy (non-hydrogen) atoms. The molecule has 0 spiro atoms. The Balaban J connectivity index is 1.69. The number of carbonyl (C=O) groups is 1. The average molecular weight is 363 g/mol. The first-order valence-electron chi connectivity index (χ1n) is 8.10. The van der Waals surface area contributed by atoms with E-state index >= 15 is 0 Å². The number of benzene rings is 2. The van der Waals surface area contributed by atoms with Crippen LogP contribution in [-0.4, -0.2) is 33.2 Å². The van der Waals surface area contributed by atoms with Gasteiger partial charge in [-0.25, -0.2) is 0 Å². The summed E-state index contributed by atoms with van der Waals surface area (Å²) in [7, 11) is 3.22. The molecule has 0 saturated heterocycles. The Hall–Kier alpha value is -2.40. The third-order valence-corrected chi connectivity index (χ3v) is 4.04. The Morgan fingerprint density at radius 1 is 1.04 bits per heavy atom. The molecule has 0 fully saturated rings. The molecule has 134 valence electrons. The second kappa shape index (κ2) is 9.79. The van der Waals surface area contributed by atoms with Gasteiger partial charge in [0, 0.05) is 25.2 Å². The van der Waals surface area contributed by atoms with Crippen LogP contribution in [-0.2, 0) is 11.2 Å². The fourth-order valence-electron chi connectivity index (χ4n) is 2.43. The van der Waals surface area contributed by atoms with Gasteiger partial charge in [0.15, 0.2) is 0 Å². The summed E-state index contributed by atoms with van der Waals surface area (Å²) >= 11 is 6.07. The zero-order chi connectivity index (χ0) is 18.1. The molecule has 1 amide bonds. The molecule has 0 saturated carbocycles. The van der Waals surface area contributed by atoms with E-state index in [4.69, 9.17) is 21.1 Å². The van der Waals surface area contributed by atoms with Crippen LogP contribution >= 0.6 is 11.6 Å². The van der Waals surface area contributed by atoms with E-state index in [-0.39, 0.29) is 5.91 Å². The Kier molecular flexibility index (Phi) is 7.41. The normalized spacial score (nSPS) is 10.2. The monoisotopic (exact) mass is 362 g/mol. The van der Waals surface area contributed by atoms with Gasteiger partial charge >= 0.3 is 0 Å². The first kappa shape index (κ1) is 18.9. The summed E-state index contributed by atoms with van der Waals surface area (Å²) in [5.74, 6) is 1.47. The molecule has 0 aliphatic heterocycles. The van der Waals surface area contributed by atoms with E-state index in [0.29, 0.717) is 30.3 Å². The second-order valence-corrected chi connectivity index (χ2v) is 5.85. The number of rotatable bonds is 9. The van der Waals surface area contributed by atoms with Crippen molar-refractivity contribution in [2.45, 2.75) is 12.8 Å². The fraction of sp³-hybridized carbons (Fsp3) is 0.316. The molecule has 2 rings (SSSR count). The van der Waals surface area contributed by atoms with Crippen LogP contribution in [0.4, 0.5) is 5.69 Å². The topological polar surface area (TPSA) is 59.6 Å². The van der Waals surface area contributed by atoms with Crippen LogP contribution in [0.1, 0.15) is 12.0 Å². The van der Waals surface area contributed by atoms with Crippen molar-refractivity contribution in [1.82, 2.24) is 5.32 Å². The molecule has 0 aliphatic carbocycles. The first-order chi connectivity index (χ1) is 12.1. The van der Waals surface area contributed by atoms with E-state index < -0.39 is 0 Å². The van der Waals surface area contributed by atoms with Crippen LogP contribution in [0.2, 0.25) is 5.02 Å². The van der Waals surface area contributed by atoms with E-state index in [2.05, 4.69) is 10.6 Å². The minimum Gasteiger partial charge on any atom is -0.496 e. The van der Waals surface area contributed by atoms with Crippen molar-refractivity contribution in [3.63, 3.8) is 0 Å². The number of carbonyl (C=O) groups excluding carboxylic acids is 1. The van der Waals surface area contributed by atoms with E-state index in [0.717, 1.165) is 23.4 Å². The van der Waals surface area contributed by atoms with E-state index in [1.165, 1.54) is 0 Å². The fourth-order valence-corrected chi connectivity index (χ4v) is 2.69. The molecule has 0 aromatic heterocycles. The Labute approximate surface area is 153 Å². The van der Waals surface area contributed by atoms with Crippen LogP contribution in [0.15, 0.2) is 42.5 Å². The molecule has 5 nitrogen and oxygen atoms in total. The van der Waals surface area contributed by atoms with Crippen molar-refractivity contribution in [1.29, 1.82) is 0 Å². The standard InChI is InChI=1S/C19H23ClN2O3/c1-24-17-6-4-3-5-14(17)9-11-22-19(23)10-12-21-15-7-8-18(25-2)16(20)13-15/h3-8,13,21H,9-12H2,1-2H3,(H,22,23). The highest BCUT2D eigenvalue weighted by Crippen LogP contribution is 2.27. The Morgan fingerprint density at radius 3 is 2.52 bits per heavy atom. The lowest BCUT2D eigenvalue weighted by molar-refractivity contribution is -0.120. The lowest BCUT2D eigenvalue weighted by Crippen LogP contribution is -2.27. The zero-order valence-electron chi connectivity index (χ0n) is 14.5. The van der Waals surface area contributed by atoms with E-state index in [9.17, 15) is 4.79 Å². The van der Waals surface area contributed by atoms with E-state index in [1.807, 2.05) is 30.3 Å². The predicted octanol–water partition coefficient (Wildman–Crippen LogP) is 3.52. The smallest absolute Gasteiger partial charge is 0.221 e. The molecule has 0 bridgehead atoms.